The van der Waals surface area contributed by atoms with Gasteiger partial charge in [-0.15, -0.1) is 0 Å². The first-order valence-electron chi connectivity index (χ1n) is 7.34. The quantitative estimate of drug-likeness (QED) is 0.869. The van der Waals surface area contributed by atoms with Gasteiger partial charge in [-0.1, -0.05) is 25.5 Å². The Morgan fingerprint density at radius 3 is 2.95 bits per heavy atom. The fourth-order valence-electron chi connectivity index (χ4n) is 2.95. The predicted molar refractivity (Wildman–Crippen MR) is 77.8 cm³/mol. The standard InChI is InChI=1S/C16H23FN2O/c1-3-7-16(8-9-18-11-16)15(20)19-12(2)13-5-4-6-14(17)10-13/h4-6,10,12,18H,3,7-9,11H2,1-2H3,(H,19,20)/t12-,16?/m0/s1. The monoisotopic (exact) mass is 278 g/mol. The largest absolute Gasteiger partial charge is 0.349 e. The molecular formula is C16H23FN2O. The number of nitrogens with one attached hydrogen (secondary N) is 2. The van der Waals surface area contributed by atoms with Crippen LogP contribution in [-0.4, -0.2) is 19.0 Å². The van der Waals surface area contributed by atoms with E-state index in [-0.39, 0.29) is 23.2 Å². The Morgan fingerprint density at radius 2 is 2.35 bits per heavy atom. The van der Waals surface area contributed by atoms with E-state index in [4.69, 9.17) is 0 Å². The maximum absolute atomic E-state index is 13.2. The van der Waals surface area contributed by atoms with Crippen LogP contribution in [0, 0.1) is 11.2 Å². The zero-order valence-corrected chi connectivity index (χ0v) is 12.2. The van der Waals surface area contributed by atoms with Crippen molar-refractivity contribution in [3.8, 4) is 0 Å². The lowest BCUT2D eigenvalue weighted by atomic mass is 9.81. The molecule has 2 rings (SSSR count). The van der Waals surface area contributed by atoms with E-state index in [0.29, 0.717) is 0 Å². The van der Waals surface area contributed by atoms with E-state index in [0.717, 1.165) is 37.9 Å². The van der Waals surface area contributed by atoms with Crippen molar-refractivity contribution in [2.75, 3.05) is 13.1 Å². The third-order valence-electron chi connectivity index (χ3n) is 4.15. The molecule has 110 valence electrons. The Kier molecular flexibility index (Phi) is 4.76. The van der Waals surface area contributed by atoms with Crippen molar-refractivity contribution < 1.29 is 9.18 Å². The highest BCUT2D eigenvalue weighted by atomic mass is 19.1. The second kappa shape index (κ2) is 6.35. The molecule has 2 N–H and O–H groups in total. The normalized spacial score (nSPS) is 23.6. The van der Waals surface area contributed by atoms with E-state index < -0.39 is 0 Å². The minimum Gasteiger partial charge on any atom is -0.349 e. The molecule has 1 saturated heterocycles. The number of hydrogen-bond acceptors (Lipinski definition) is 2. The predicted octanol–water partition coefficient (Wildman–Crippen LogP) is 2.78. The van der Waals surface area contributed by atoms with E-state index in [9.17, 15) is 9.18 Å². The summed E-state index contributed by atoms with van der Waals surface area (Å²) in [6.45, 7) is 5.63. The van der Waals surface area contributed by atoms with Gasteiger partial charge in [-0.2, -0.15) is 0 Å². The maximum Gasteiger partial charge on any atom is 0.228 e. The van der Waals surface area contributed by atoms with Crippen LogP contribution in [0.25, 0.3) is 0 Å². The minimum absolute atomic E-state index is 0.0844. The zero-order chi connectivity index (χ0) is 14.6. The van der Waals surface area contributed by atoms with Crippen molar-refractivity contribution in [1.29, 1.82) is 0 Å². The summed E-state index contributed by atoms with van der Waals surface area (Å²) in [4.78, 5) is 12.6. The van der Waals surface area contributed by atoms with Crippen molar-refractivity contribution in [1.82, 2.24) is 10.6 Å². The first-order chi connectivity index (χ1) is 9.57. The molecule has 0 bridgehead atoms. The number of carbonyl (C=O) groups is 1. The second-order valence-electron chi connectivity index (χ2n) is 5.71. The van der Waals surface area contributed by atoms with E-state index in [1.165, 1.54) is 12.1 Å². The summed E-state index contributed by atoms with van der Waals surface area (Å²) in [5.74, 6) is -0.185. The van der Waals surface area contributed by atoms with Crippen LogP contribution < -0.4 is 10.6 Å². The molecule has 0 radical (unpaired) electrons. The van der Waals surface area contributed by atoms with Gasteiger partial charge in [0, 0.05) is 6.54 Å². The molecule has 1 amide bonds. The van der Waals surface area contributed by atoms with Crippen LogP contribution in [0.1, 0.15) is 44.7 Å². The number of amides is 1. The molecule has 0 aromatic heterocycles. The average Bonchev–Trinajstić information content (AvgIpc) is 2.89. The number of rotatable bonds is 5. The van der Waals surface area contributed by atoms with Crippen LogP contribution >= 0.6 is 0 Å². The van der Waals surface area contributed by atoms with Crippen molar-refractivity contribution in [3.63, 3.8) is 0 Å². The molecule has 0 aliphatic carbocycles. The number of hydrogen-bond donors (Lipinski definition) is 2. The van der Waals surface area contributed by atoms with E-state index in [1.807, 2.05) is 13.0 Å². The minimum atomic E-state index is -0.295. The molecule has 3 nitrogen and oxygen atoms in total. The van der Waals surface area contributed by atoms with Gasteiger partial charge in [0.15, 0.2) is 0 Å². The highest BCUT2D eigenvalue weighted by Crippen LogP contribution is 2.32. The molecule has 1 aromatic rings. The molecule has 1 heterocycles. The Labute approximate surface area is 120 Å². The molecule has 0 spiro atoms. The topological polar surface area (TPSA) is 41.1 Å². The fourth-order valence-corrected chi connectivity index (χ4v) is 2.95. The molecule has 4 heteroatoms. The molecule has 2 atom stereocenters. The molecule has 1 aliphatic heterocycles. The van der Waals surface area contributed by atoms with Gasteiger partial charge in [-0.05, 0) is 44.0 Å². The first kappa shape index (κ1) is 15.0. The molecule has 20 heavy (non-hydrogen) atoms. The summed E-state index contributed by atoms with van der Waals surface area (Å²) in [5, 5.41) is 6.33. The van der Waals surface area contributed by atoms with Crippen molar-refractivity contribution in [2.24, 2.45) is 5.41 Å². The summed E-state index contributed by atoms with van der Waals surface area (Å²) < 4.78 is 13.2. The summed E-state index contributed by atoms with van der Waals surface area (Å²) >= 11 is 0. The summed E-state index contributed by atoms with van der Waals surface area (Å²) in [5.41, 5.74) is 0.507. The van der Waals surface area contributed by atoms with Gasteiger partial charge in [-0.3, -0.25) is 4.79 Å². The molecule has 0 saturated carbocycles. The summed E-state index contributed by atoms with van der Waals surface area (Å²) in [7, 11) is 0. The lowest BCUT2D eigenvalue weighted by Gasteiger charge is -2.28. The van der Waals surface area contributed by atoms with Crippen molar-refractivity contribution >= 4 is 5.91 Å². The van der Waals surface area contributed by atoms with Crippen LogP contribution in [0.5, 0.6) is 0 Å². The molecule has 1 aliphatic rings. The molecule has 1 fully saturated rings. The van der Waals surface area contributed by atoms with Crippen molar-refractivity contribution in [2.45, 2.75) is 39.2 Å². The van der Waals surface area contributed by atoms with Crippen LogP contribution in [0.3, 0.4) is 0 Å². The van der Waals surface area contributed by atoms with Gasteiger partial charge in [0.25, 0.3) is 0 Å². The lowest BCUT2D eigenvalue weighted by molar-refractivity contribution is -0.131. The molecule has 1 aromatic carbocycles. The Hall–Kier alpha value is -1.42. The molecule has 1 unspecified atom stereocenters. The Morgan fingerprint density at radius 1 is 1.55 bits per heavy atom. The van der Waals surface area contributed by atoms with Gasteiger partial charge < -0.3 is 10.6 Å². The first-order valence-corrected chi connectivity index (χ1v) is 7.34. The van der Waals surface area contributed by atoms with E-state index >= 15 is 0 Å². The highest BCUT2D eigenvalue weighted by molar-refractivity contribution is 5.83. The van der Waals surface area contributed by atoms with Gasteiger partial charge in [0.1, 0.15) is 5.82 Å². The third kappa shape index (κ3) is 3.18. The van der Waals surface area contributed by atoms with E-state index in [2.05, 4.69) is 17.6 Å². The van der Waals surface area contributed by atoms with Crippen LogP contribution in [0.2, 0.25) is 0 Å². The fraction of sp³-hybridized carbons (Fsp3) is 0.562. The number of benzene rings is 1. The Balaban J connectivity index is 2.06. The van der Waals surface area contributed by atoms with Gasteiger partial charge >= 0.3 is 0 Å². The zero-order valence-electron chi connectivity index (χ0n) is 12.2. The van der Waals surface area contributed by atoms with Crippen molar-refractivity contribution in [3.05, 3.63) is 35.6 Å². The van der Waals surface area contributed by atoms with Gasteiger partial charge in [0.2, 0.25) is 5.91 Å². The summed E-state index contributed by atoms with van der Waals surface area (Å²) in [6, 6.07) is 6.23. The smallest absolute Gasteiger partial charge is 0.228 e. The average molecular weight is 278 g/mol. The third-order valence-corrected chi connectivity index (χ3v) is 4.15. The second-order valence-corrected chi connectivity index (χ2v) is 5.71. The molecular weight excluding hydrogens is 255 g/mol. The van der Waals surface area contributed by atoms with E-state index in [1.54, 1.807) is 6.07 Å². The van der Waals surface area contributed by atoms with Gasteiger partial charge in [0.05, 0.1) is 11.5 Å². The number of carbonyl (C=O) groups excluding carboxylic acids is 1. The SMILES string of the molecule is CCCC1(C(=O)N[C@@H](C)c2cccc(F)c2)CCNC1. The van der Waals surface area contributed by atoms with Crippen LogP contribution in [0.4, 0.5) is 4.39 Å². The van der Waals surface area contributed by atoms with Crippen LogP contribution in [-0.2, 0) is 4.79 Å². The van der Waals surface area contributed by atoms with Crippen LogP contribution in [0.15, 0.2) is 24.3 Å². The lowest BCUT2D eigenvalue weighted by Crippen LogP contribution is -2.43. The highest BCUT2D eigenvalue weighted by Gasteiger charge is 2.40. The number of halogens is 1. The Bertz CT molecular complexity index is 469. The van der Waals surface area contributed by atoms with Gasteiger partial charge in [-0.25, -0.2) is 4.39 Å². The summed E-state index contributed by atoms with van der Waals surface area (Å²) in [6.07, 6.45) is 2.76. The maximum atomic E-state index is 13.2.